The van der Waals surface area contributed by atoms with Crippen LogP contribution in [0, 0.1) is 0 Å². The summed E-state index contributed by atoms with van der Waals surface area (Å²) in [6.07, 6.45) is 0. The molecular weight excluding hydrogens is 462 g/mol. The van der Waals surface area contributed by atoms with Gasteiger partial charge in [-0.05, 0) is 41.5 Å². The summed E-state index contributed by atoms with van der Waals surface area (Å²) in [6.45, 7) is 0.594. The first-order chi connectivity index (χ1) is 16.7. The molecule has 4 aromatic carbocycles. The van der Waals surface area contributed by atoms with E-state index in [4.69, 9.17) is 21.6 Å². The molecule has 4 nitrogen and oxygen atoms in total. The quantitative estimate of drug-likeness (QED) is 0.256. The summed E-state index contributed by atoms with van der Waals surface area (Å²) in [7, 11) is 0. The number of hydrogen-bond acceptors (Lipinski definition) is 5. The fraction of sp³-hybridized carbons (Fsp3) is 0.0714. The van der Waals surface area contributed by atoms with Crippen molar-refractivity contribution in [2.45, 2.75) is 22.9 Å². The van der Waals surface area contributed by atoms with E-state index in [1.807, 2.05) is 84.9 Å². The fourth-order valence-corrected chi connectivity index (χ4v) is 4.97. The zero-order valence-corrected chi connectivity index (χ0v) is 19.9. The second-order valence-electron chi connectivity index (χ2n) is 7.75. The van der Waals surface area contributed by atoms with Crippen LogP contribution in [0.1, 0.15) is 11.1 Å². The Labute approximate surface area is 207 Å². The Kier molecular flexibility index (Phi) is 6.77. The lowest BCUT2D eigenvalue weighted by atomic mass is 10.1. The predicted molar refractivity (Wildman–Crippen MR) is 140 cm³/mol. The van der Waals surface area contributed by atoms with E-state index < -0.39 is 0 Å². The molecule has 0 bridgehead atoms. The van der Waals surface area contributed by atoms with E-state index in [0.717, 1.165) is 43.2 Å². The molecule has 0 fully saturated rings. The number of nitrogens with zero attached hydrogens (tertiary/aromatic N) is 2. The highest BCUT2D eigenvalue weighted by Gasteiger charge is 2.12. The SMILES string of the molecule is OCc1ccccc1Sc1ccccc1CNc1nc(-c2ccccc2)nc2ccc(Cl)cc12. The molecule has 5 aromatic rings. The Morgan fingerprint density at radius 1 is 0.765 bits per heavy atom. The van der Waals surface area contributed by atoms with Crippen LogP contribution in [0.15, 0.2) is 107 Å². The largest absolute Gasteiger partial charge is 0.392 e. The second-order valence-corrected chi connectivity index (χ2v) is 9.27. The summed E-state index contributed by atoms with van der Waals surface area (Å²) < 4.78 is 0. The number of benzene rings is 4. The lowest BCUT2D eigenvalue weighted by Crippen LogP contribution is -2.05. The molecule has 34 heavy (non-hydrogen) atoms. The number of hydrogen-bond donors (Lipinski definition) is 2. The van der Waals surface area contributed by atoms with Crippen molar-refractivity contribution in [3.63, 3.8) is 0 Å². The number of aliphatic hydroxyl groups excluding tert-OH is 1. The summed E-state index contributed by atoms with van der Waals surface area (Å²) in [4.78, 5) is 11.8. The maximum Gasteiger partial charge on any atom is 0.162 e. The molecule has 0 atom stereocenters. The van der Waals surface area contributed by atoms with Crippen molar-refractivity contribution in [3.8, 4) is 11.4 Å². The van der Waals surface area contributed by atoms with Crippen molar-refractivity contribution < 1.29 is 5.11 Å². The van der Waals surface area contributed by atoms with Gasteiger partial charge in [0.05, 0.1) is 12.1 Å². The monoisotopic (exact) mass is 483 g/mol. The van der Waals surface area contributed by atoms with Gasteiger partial charge in [-0.2, -0.15) is 0 Å². The third-order valence-electron chi connectivity index (χ3n) is 5.47. The molecule has 0 aliphatic rings. The normalized spacial score (nSPS) is 11.0. The fourth-order valence-electron chi connectivity index (χ4n) is 3.73. The van der Waals surface area contributed by atoms with Crippen LogP contribution < -0.4 is 5.32 Å². The van der Waals surface area contributed by atoms with Gasteiger partial charge in [0.25, 0.3) is 0 Å². The highest BCUT2D eigenvalue weighted by molar-refractivity contribution is 7.99. The molecule has 2 N–H and O–H groups in total. The third kappa shape index (κ3) is 4.92. The first-order valence-electron chi connectivity index (χ1n) is 10.9. The Balaban J connectivity index is 1.48. The van der Waals surface area contributed by atoms with Crippen LogP contribution in [0.2, 0.25) is 5.02 Å². The van der Waals surface area contributed by atoms with Gasteiger partial charge in [0.15, 0.2) is 5.82 Å². The summed E-state index contributed by atoms with van der Waals surface area (Å²) in [5.74, 6) is 1.40. The van der Waals surface area contributed by atoms with Crippen LogP contribution in [-0.2, 0) is 13.2 Å². The molecule has 1 aromatic heterocycles. The summed E-state index contributed by atoms with van der Waals surface area (Å²) in [6, 6.07) is 31.8. The van der Waals surface area contributed by atoms with Crippen LogP contribution in [0.25, 0.3) is 22.3 Å². The Bertz CT molecular complexity index is 1440. The lowest BCUT2D eigenvalue weighted by molar-refractivity contribution is 0.279. The van der Waals surface area contributed by atoms with E-state index in [1.165, 1.54) is 0 Å². The first kappa shape index (κ1) is 22.4. The Morgan fingerprint density at radius 2 is 1.44 bits per heavy atom. The van der Waals surface area contributed by atoms with Gasteiger partial charge in [-0.3, -0.25) is 0 Å². The maximum absolute atomic E-state index is 9.71. The molecule has 0 saturated carbocycles. The Hall–Kier alpha value is -3.38. The van der Waals surface area contributed by atoms with Gasteiger partial charge >= 0.3 is 0 Å². The summed E-state index contributed by atoms with van der Waals surface area (Å²) >= 11 is 7.95. The molecule has 0 amide bonds. The van der Waals surface area contributed by atoms with E-state index in [1.54, 1.807) is 11.8 Å². The maximum atomic E-state index is 9.71. The van der Waals surface area contributed by atoms with E-state index in [-0.39, 0.29) is 6.61 Å². The van der Waals surface area contributed by atoms with Gasteiger partial charge < -0.3 is 10.4 Å². The lowest BCUT2D eigenvalue weighted by Gasteiger charge is -2.14. The molecule has 0 unspecified atom stereocenters. The molecular formula is C28H22ClN3OS. The molecule has 0 aliphatic carbocycles. The van der Waals surface area contributed by atoms with Crippen LogP contribution in [0.3, 0.4) is 0 Å². The van der Waals surface area contributed by atoms with Crippen molar-refractivity contribution in [1.29, 1.82) is 0 Å². The zero-order chi connectivity index (χ0) is 23.3. The number of halogens is 1. The predicted octanol–water partition coefficient (Wildman–Crippen LogP) is 7.21. The second kappa shape index (κ2) is 10.3. The van der Waals surface area contributed by atoms with E-state index >= 15 is 0 Å². The van der Waals surface area contributed by atoms with Crippen LogP contribution in [0.5, 0.6) is 0 Å². The van der Waals surface area contributed by atoms with Gasteiger partial charge in [-0.25, -0.2) is 9.97 Å². The van der Waals surface area contributed by atoms with Crippen LogP contribution >= 0.6 is 23.4 Å². The first-order valence-corrected chi connectivity index (χ1v) is 12.1. The average Bonchev–Trinajstić information content (AvgIpc) is 2.89. The highest BCUT2D eigenvalue weighted by Crippen LogP contribution is 2.34. The molecule has 1 heterocycles. The third-order valence-corrected chi connectivity index (χ3v) is 6.94. The van der Waals surface area contributed by atoms with Gasteiger partial charge in [0, 0.05) is 32.3 Å². The summed E-state index contributed by atoms with van der Waals surface area (Å²) in [5, 5.41) is 14.8. The molecule has 0 saturated heterocycles. The molecule has 0 radical (unpaired) electrons. The minimum Gasteiger partial charge on any atom is -0.392 e. The number of nitrogens with one attached hydrogen (secondary N) is 1. The zero-order valence-electron chi connectivity index (χ0n) is 18.3. The molecule has 168 valence electrons. The minimum atomic E-state index is 0.0134. The Morgan fingerprint density at radius 3 is 2.21 bits per heavy atom. The smallest absolute Gasteiger partial charge is 0.162 e. The molecule has 0 spiro atoms. The van der Waals surface area contributed by atoms with E-state index in [0.29, 0.717) is 17.4 Å². The summed E-state index contributed by atoms with van der Waals surface area (Å²) in [5.41, 5.74) is 3.84. The van der Waals surface area contributed by atoms with Crippen molar-refractivity contribution in [2.75, 3.05) is 5.32 Å². The van der Waals surface area contributed by atoms with Crippen LogP contribution in [-0.4, -0.2) is 15.1 Å². The van der Waals surface area contributed by atoms with Crippen molar-refractivity contribution in [1.82, 2.24) is 9.97 Å². The van der Waals surface area contributed by atoms with Crippen LogP contribution in [0.4, 0.5) is 5.82 Å². The average molecular weight is 484 g/mol. The van der Waals surface area contributed by atoms with E-state index in [2.05, 4.69) is 17.4 Å². The van der Waals surface area contributed by atoms with E-state index in [9.17, 15) is 5.11 Å². The molecule has 0 aliphatic heterocycles. The van der Waals surface area contributed by atoms with Crippen molar-refractivity contribution in [3.05, 3.63) is 113 Å². The van der Waals surface area contributed by atoms with Crippen molar-refractivity contribution >= 4 is 40.1 Å². The van der Waals surface area contributed by atoms with Gasteiger partial charge in [-0.1, -0.05) is 90.1 Å². The molecule has 6 heteroatoms. The molecule has 5 rings (SSSR count). The van der Waals surface area contributed by atoms with Gasteiger partial charge in [0.2, 0.25) is 0 Å². The van der Waals surface area contributed by atoms with Gasteiger partial charge in [0.1, 0.15) is 5.82 Å². The number of fused-ring (bicyclic) bond motifs is 1. The standard InChI is InChI=1S/C28H22ClN3OS/c29-22-14-15-24-23(16-22)28(32-27(31-24)19-8-2-1-3-9-19)30-17-20-10-4-6-12-25(20)34-26-13-7-5-11-21(26)18-33/h1-16,33H,17-18H2,(H,30,31,32). The number of aromatic nitrogens is 2. The minimum absolute atomic E-state index is 0.0134. The topological polar surface area (TPSA) is 58.0 Å². The number of aliphatic hydroxyl groups is 1. The van der Waals surface area contributed by atoms with Gasteiger partial charge in [-0.15, -0.1) is 0 Å². The highest BCUT2D eigenvalue weighted by atomic mass is 35.5. The van der Waals surface area contributed by atoms with Crippen molar-refractivity contribution in [2.24, 2.45) is 0 Å². The number of rotatable bonds is 7. The number of anilines is 1.